The summed E-state index contributed by atoms with van der Waals surface area (Å²) >= 11 is 0. The van der Waals surface area contributed by atoms with E-state index in [4.69, 9.17) is 4.74 Å². The number of halogens is 1. The Hall–Kier alpha value is -2.40. The van der Waals surface area contributed by atoms with Crippen LogP contribution in [0.15, 0.2) is 48.5 Å². The van der Waals surface area contributed by atoms with Crippen LogP contribution in [-0.4, -0.2) is 49.0 Å². The van der Waals surface area contributed by atoms with Gasteiger partial charge in [-0.1, -0.05) is 24.3 Å². The molecule has 0 saturated carbocycles. The van der Waals surface area contributed by atoms with E-state index < -0.39 is 0 Å². The third-order valence-corrected chi connectivity index (χ3v) is 4.32. The Kier molecular flexibility index (Phi) is 5.11. The maximum Gasteiger partial charge on any atom is 0.257 e. The molecule has 2 aromatic rings. The lowest BCUT2D eigenvalue weighted by molar-refractivity contribution is 0.0625. The van der Waals surface area contributed by atoms with Gasteiger partial charge in [0.2, 0.25) is 0 Å². The fourth-order valence-corrected chi connectivity index (χ4v) is 2.95. The second-order valence-electron chi connectivity index (χ2n) is 5.90. The van der Waals surface area contributed by atoms with Crippen molar-refractivity contribution < 1.29 is 13.9 Å². The molecule has 1 aliphatic heterocycles. The number of amides is 1. The summed E-state index contributed by atoms with van der Waals surface area (Å²) < 4.78 is 18.2. The van der Waals surface area contributed by atoms with Crippen LogP contribution in [0.5, 0.6) is 5.75 Å². The predicted octanol–water partition coefficient (Wildman–Crippen LogP) is 2.79. The summed E-state index contributed by atoms with van der Waals surface area (Å²) in [4.78, 5) is 16.8. The van der Waals surface area contributed by atoms with E-state index >= 15 is 0 Å². The quantitative estimate of drug-likeness (QED) is 0.865. The molecule has 0 spiro atoms. The molecule has 3 rings (SSSR count). The van der Waals surface area contributed by atoms with Crippen molar-refractivity contribution in [3.8, 4) is 5.75 Å². The number of carbonyl (C=O) groups excluding carboxylic acids is 1. The minimum absolute atomic E-state index is 0.00822. The van der Waals surface area contributed by atoms with Gasteiger partial charge in [0.05, 0.1) is 12.7 Å². The van der Waals surface area contributed by atoms with E-state index in [1.165, 1.54) is 12.1 Å². The van der Waals surface area contributed by atoms with Crippen molar-refractivity contribution in [1.29, 1.82) is 0 Å². The lowest BCUT2D eigenvalue weighted by Gasteiger charge is -2.35. The van der Waals surface area contributed by atoms with Gasteiger partial charge < -0.3 is 9.64 Å². The minimum atomic E-state index is -0.217. The average molecular weight is 328 g/mol. The van der Waals surface area contributed by atoms with Crippen molar-refractivity contribution in [2.24, 2.45) is 0 Å². The molecule has 1 saturated heterocycles. The summed E-state index contributed by atoms with van der Waals surface area (Å²) in [5, 5.41) is 0. The lowest BCUT2D eigenvalue weighted by atomic mass is 10.1. The van der Waals surface area contributed by atoms with Gasteiger partial charge in [0.1, 0.15) is 11.6 Å². The fourth-order valence-electron chi connectivity index (χ4n) is 2.95. The summed E-state index contributed by atoms with van der Waals surface area (Å²) in [5.41, 5.74) is 1.69. The Morgan fingerprint density at radius 3 is 2.38 bits per heavy atom. The van der Waals surface area contributed by atoms with Crippen LogP contribution in [-0.2, 0) is 6.54 Å². The molecular weight excluding hydrogens is 307 g/mol. The first-order valence-electron chi connectivity index (χ1n) is 8.06. The normalized spacial score (nSPS) is 15.3. The molecule has 0 bridgehead atoms. The topological polar surface area (TPSA) is 32.8 Å². The van der Waals surface area contributed by atoms with Crippen LogP contribution in [0.25, 0.3) is 0 Å². The smallest absolute Gasteiger partial charge is 0.257 e. The van der Waals surface area contributed by atoms with Crippen LogP contribution in [0.1, 0.15) is 15.9 Å². The number of nitrogens with zero attached hydrogens (tertiary/aromatic N) is 2. The zero-order valence-electron chi connectivity index (χ0n) is 13.7. The van der Waals surface area contributed by atoms with E-state index in [2.05, 4.69) is 4.90 Å². The molecule has 126 valence electrons. The molecule has 0 N–H and O–H groups in total. The Bertz CT molecular complexity index is 695. The molecule has 0 unspecified atom stereocenters. The second-order valence-corrected chi connectivity index (χ2v) is 5.90. The summed E-state index contributed by atoms with van der Waals surface area (Å²) in [6, 6.07) is 13.9. The molecule has 1 fully saturated rings. The SMILES string of the molecule is COc1ccccc1C(=O)N1CCN(Cc2ccc(F)cc2)CC1. The van der Waals surface area contributed by atoms with Crippen molar-refractivity contribution >= 4 is 5.91 Å². The highest BCUT2D eigenvalue weighted by atomic mass is 19.1. The first-order chi connectivity index (χ1) is 11.7. The standard InChI is InChI=1S/C19H21FN2O2/c1-24-18-5-3-2-4-17(18)19(23)22-12-10-21(11-13-22)14-15-6-8-16(20)9-7-15/h2-9H,10-14H2,1H3. The highest BCUT2D eigenvalue weighted by Crippen LogP contribution is 2.20. The number of carbonyl (C=O) groups is 1. The number of rotatable bonds is 4. The number of para-hydroxylation sites is 1. The molecule has 1 amide bonds. The number of methoxy groups -OCH3 is 1. The fraction of sp³-hybridized carbons (Fsp3) is 0.316. The molecule has 1 heterocycles. The molecule has 2 aromatic carbocycles. The predicted molar refractivity (Wildman–Crippen MR) is 90.6 cm³/mol. The maximum atomic E-state index is 13.0. The Balaban J connectivity index is 1.58. The summed E-state index contributed by atoms with van der Waals surface area (Å²) in [6.45, 7) is 3.74. The molecule has 5 heteroatoms. The number of ether oxygens (including phenoxy) is 1. The van der Waals surface area contributed by atoms with Crippen molar-refractivity contribution in [2.45, 2.75) is 6.54 Å². The lowest BCUT2D eigenvalue weighted by Crippen LogP contribution is -2.48. The number of benzene rings is 2. The Morgan fingerprint density at radius 1 is 1.04 bits per heavy atom. The zero-order valence-corrected chi connectivity index (χ0v) is 13.7. The Morgan fingerprint density at radius 2 is 1.71 bits per heavy atom. The molecular formula is C19H21FN2O2. The molecule has 0 aliphatic carbocycles. The molecule has 1 aliphatic rings. The van der Waals surface area contributed by atoms with Crippen LogP contribution in [0.4, 0.5) is 4.39 Å². The van der Waals surface area contributed by atoms with Crippen molar-refractivity contribution in [3.05, 3.63) is 65.5 Å². The highest BCUT2D eigenvalue weighted by molar-refractivity contribution is 5.97. The Labute approximate surface area is 141 Å². The molecule has 0 aromatic heterocycles. The second kappa shape index (κ2) is 7.45. The number of piperazine rings is 1. The van der Waals surface area contributed by atoms with Crippen molar-refractivity contribution in [3.63, 3.8) is 0 Å². The molecule has 0 atom stereocenters. The number of hydrogen-bond donors (Lipinski definition) is 0. The van der Waals surface area contributed by atoms with E-state index in [0.29, 0.717) is 24.4 Å². The van der Waals surface area contributed by atoms with Gasteiger partial charge in [-0.2, -0.15) is 0 Å². The first kappa shape index (κ1) is 16.5. The van der Waals surface area contributed by atoms with Gasteiger partial charge in [-0.3, -0.25) is 9.69 Å². The largest absolute Gasteiger partial charge is 0.496 e. The monoisotopic (exact) mass is 328 g/mol. The third kappa shape index (κ3) is 3.74. The molecule has 0 radical (unpaired) electrons. The van der Waals surface area contributed by atoms with Gasteiger partial charge in [0.25, 0.3) is 5.91 Å². The highest BCUT2D eigenvalue weighted by Gasteiger charge is 2.24. The average Bonchev–Trinajstić information content (AvgIpc) is 2.63. The van der Waals surface area contributed by atoms with Gasteiger partial charge in [-0.05, 0) is 29.8 Å². The molecule has 24 heavy (non-hydrogen) atoms. The van der Waals surface area contributed by atoms with E-state index in [1.54, 1.807) is 19.2 Å². The minimum Gasteiger partial charge on any atom is -0.496 e. The van der Waals surface area contributed by atoms with Crippen LogP contribution < -0.4 is 4.74 Å². The first-order valence-corrected chi connectivity index (χ1v) is 8.06. The van der Waals surface area contributed by atoms with E-state index in [-0.39, 0.29) is 11.7 Å². The van der Waals surface area contributed by atoms with Crippen molar-refractivity contribution in [1.82, 2.24) is 9.80 Å². The summed E-state index contributed by atoms with van der Waals surface area (Å²) in [5.74, 6) is 0.399. The van der Waals surface area contributed by atoms with Crippen LogP contribution in [0.3, 0.4) is 0 Å². The van der Waals surface area contributed by atoms with Gasteiger partial charge in [0, 0.05) is 32.7 Å². The maximum absolute atomic E-state index is 13.0. The van der Waals surface area contributed by atoms with Crippen molar-refractivity contribution in [2.75, 3.05) is 33.3 Å². The summed E-state index contributed by atoms with van der Waals surface area (Å²) in [7, 11) is 1.58. The van der Waals surface area contributed by atoms with Gasteiger partial charge in [0.15, 0.2) is 0 Å². The van der Waals surface area contributed by atoms with E-state index in [9.17, 15) is 9.18 Å². The summed E-state index contributed by atoms with van der Waals surface area (Å²) in [6.07, 6.45) is 0. The third-order valence-electron chi connectivity index (χ3n) is 4.32. The van der Waals surface area contributed by atoms with Gasteiger partial charge in [-0.25, -0.2) is 4.39 Å². The van der Waals surface area contributed by atoms with E-state index in [1.807, 2.05) is 29.2 Å². The van der Waals surface area contributed by atoms with Gasteiger partial charge in [-0.15, -0.1) is 0 Å². The van der Waals surface area contributed by atoms with Gasteiger partial charge >= 0.3 is 0 Å². The molecule has 4 nitrogen and oxygen atoms in total. The number of hydrogen-bond acceptors (Lipinski definition) is 3. The van der Waals surface area contributed by atoms with Crippen LogP contribution >= 0.6 is 0 Å². The van der Waals surface area contributed by atoms with E-state index in [0.717, 1.165) is 25.2 Å². The van der Waals surface area contributed by atoms with Crippen LogP contribution in [0.2, 0.25) is 0 Å². The zero-order chi connectivity index (χ0) is 16.9. The van der Waals surface area contributed by atoms with Crippen LogP contribution in [0, 0.1) is 5.82 Å².